The number of nitrogens with zero attached hydrogens (tertiary/aromatic N) is 3. The molecular weight excluding hydrogens is 373 g/mol. The molecule has 2 aliphatic heterocycles. The maximum absolute atomic E-state index is 12.8. The number of halogens is 3. The summed E-state index contributed by atoms with van der Waals surface area (Å²) in [5.74, 6) is -0.0252. The lowest BCUT2D eigenvalue weighted by Gasteiger charge is -2.37. The van der Waals surface area contributed by atoms with E-state index in [1.54, 1.807) is 6.07 Å². The number of ether oxygens (including phenoxy) is 1. The molecule has 2 saturated heterocycles. The second-order valence-electron chi connectivity index (χ2n) is 7.18. The minimum Gasteiger partial charge on any atom is -0.487 e. The predicted octanol–water partition coefficient (Wildman–Crippen LogP) is 2.93. The number of benzene rings is 1. The monoisotopic (exact) mass is 394 g/mol. The zero-order valence-electron chi connectivity index (χ0n) is 15.2. The van der Waals surface area contributed by atoms with Gasteiger partial charge in [-0.3, -0.25) is 14.8 Å². The van der Waals surface area contributed by atoms with E-state index in [1.165, 1.54) is 18.6 Å². The maximum Gasteiger partial charge on any atom is 0.416 e. The van der Waals surface area contributed by atoms with Crippen molar-refractivity contribution in [2.45, 2.75) is 31.7 Å². The molecule has 0 spiro atoms. The Morgan fingerprint density at radius 1 is 1.25 bits per heavy atom. The molecule has 1 aromatic heterocycles. The number of H-pyrrole nitrogens is 1. The van der Waals surface area contributed by atoms with Gasteiger partial charge in [0.05, 0.1) is 11.3 Å². The van der Waals surface area contributed by atoms with Gasteiger partial charge in [-0.15, -0.1) is 0 Å². The Bertz CT molecular complexity index is 852. The van der Waals surface area contributed by atoms with E-state index >= 15 is 0 Å². The predicted molar refractivity (Wildman–Crippen MR) is 94.9 cm³/mol. The number of aromatic nitrogens is 2. The molecule has 0 aliphatic carbocycles. The largest absolute Gasteiger partial charge is 0.487 e. The fraction of sp³-hybridized carbons (Fsp3) is 0.474. The van der Waals surface area contributed by atoms with Crippen LogP contribution < -0.4 is 4.74 Å². The number of hydrogen-bond acceptors (Lipinski definition) is 4. The molecule has 0 saturated carbocycles. The highest BCUT2D eigenvalue weighted by atomic mass is 19.4. The normalized spacial score (nSPS) is 20.2. The fourth-order valence-corrected chi connectivity index (χ4v) is 3.81. The first-order chi connectivity index (χ1) is 13.4. The van der Waals surface area contributed by atoms with Gasteiger partial charge >= 0.3 is 6.18 Å². The summed E-state index contributed by atoms with van der Waals surface area (Å²) < 4.78 is 43.7. The number of hydrogen-bond donors (Lipinski definition) is 1. The molecular formula is C19H21F3N4O2. The van der Waals surface area contributed by atoms with E-state index in [1.807, 2.05) is 4.90 Å². The molecule has 150 valence electrons. The molecule has 0 bridgehead atoms. The van der Waals surface area contributed by atoms with Crippen LogP contribution in [0.5, 0.6) is 5.75 Å². The SMILES string of the molecule is O=C(c1cc(COc2cccc(C(F)(F)F)c2)[nH]n1)N1CCN2CCCC2C1. The number of amides is 1. The maximum atomic E-state index is 12.8. The molecule has 0 radical (unpaired) electrons. The molecule has 2 aliphatic rings. The van der Waals surface area contributed by atoms with Crippen LogP contribution in [-0.2, 0) is 12.8 Å². The van der Waals surface area contributed by atoms with Gasteiger partial charge in [0.15, 0.2) is 5.69 Å². The summed E-state index contributed by atoms with van der Waals surface area (Å²) in [6, 6.07) is 6.71. The lowest BCUT2D eigenvalue weighted by molar-refractivity contribution is -0.137. The minimum atomic E-state index is -4.42. The van der Waals surface area contributed by atoms with Gasteiger partial charge in [0.2, 0.25) is 0 Å². The number of rotatable bonds is 4. The van der Waals surface area contributed by atoms with Crippen LogP contribution in [0.25, 0.3) is 0 Å². The third-order valence-electron chi connectivity index (χ3n) is 5.28. The van der Waals surface area contributed by atoms with Crippen molar-refractivity contribution in [3.05, 3.63) is 47.3 Å². The number of fused-ring (bicyclic) bond motifs is 1. The summed E-state index contributed by atoms with van der Waals surface area (Å²) in [6.45, 7) is 3.37. The Labute approximate surface area is 160 Å². The number of piperazine rings is 1. The van der Waals surface area contributed by atoms with Gasteiger partial charge in [-0.25, -0.2) is 0 Å². The van der Waals surface area contributed by atoms with Crippen molar-refractivity contribution in [3.63, 3.8) is 0 Å². The third kappa shape index (κ3) is 3.99. The van der Waals surface area contributed by atoms with Crippen LogP contribution in [0.15, 0.2) is 30.3 Å². The van der Waals surface area contributed by atoms with Crippen molar-refractivity contribution < 1.29 is 22.7 Å². The lowest BCUT2D eigenvalue weighted by atomic mass is 10.1. The molecule has 1 N–H and O–H groups in total. The van der Waals surface area contributed by atoms with Crippen LogP contribution in [0.2, 0.25) is 0 Å². The van der Waals surface area contributed by atoms with E-state index in [-0.39, 0.29) is 18.3 Å². The number of alkyl halides is 3. The Morgan fingerprint density at radius 2 is 2.11 bits per heavy atom. The van der Waals surface area contributed by atoms with Crippen LogP contribution in [0.4, 0.5) is 13.2 Å². The topological polar surface area (TPSA) is 61.5 Å². The molecule has 2 fully saturated rings. The summed E-state index contributed by atoms with van der Waals surface area (Å²) in [5.41, 5.74) is 0.0610. The average molecular weight is 394 g/mol. The quantitative estimate of drug-likeness (QED) is 0.866. The molecule has 9 heteroatoms. The van der Waals surface area contributed by atoms with E-state index in [2.05, 4.69) is 15.1 Å². The van der Waals surface area contributed by atoms with E-state index in [0.29, 0.717) is 30.5 Å². The van der Waals surface area contributed by atoms with Crippen LogP contribution in [0.1, 0.15) is 34.6 Å². The molecule has 4 rings (SSSR count). The number of nitrogens with one attached hydrogen (secondary N) is 1. The summed E-state index contributed by atoms with van der Waals surface area (Å²) in [6.07, 6.45) is -2.14. The van der Waals surface area contributed by atoms with Gasteiger partial charge in [0, 0.05) is 25.7 Å². The van der Waals surface area contributed by atoms with Gasteiger partial charge < -0.3 is 9.64 Å². The Balaban J connectivity index is 1.36. The van der Waals surface area contributed by atoms with E-state index in [0.717, 1.165) is 31.6 Å². The summed E-state index contributed by atoms with van der Waals surface area (Å²) in [7, 11) is 0. The first-order valence-corrected chi connectivity index (χ1v) is 9.28. The highest BCUT2D eigenvalue weighted by Gasteiger charge is 2.33. The first-order valence-electron chi connectivity index (χ1n) is 9.28. The Morgan fingerprint density at radius 3 is 2.93 bits per heavy atom. The van der Waals surface area contributed by atoms with Crippen molar-refractivity contribution in [1.82, 2.24) is 20.0 Å². The summed E-state index contributed by atoms with van der Waals surface area (Å²) in [5, 5.41) is 6.79. The Kier molecular flexibility index (Phi) is 5.01. The third-order valence-corrected chi connectivity index (χ3v) is 5.28. The van der Waals surface area contributed by atoms with Crippen LogP contribution in [-0.4, -0.2) is 58.1 Å². The zero-order valence-corrected chi connectivity index (χ0v) is 15.2. The average Bonchev–Trinajstić information content (AvgIpc) is 3.34. The smallest absolute Gasteiger partial charge is 0.416 e. The van der Waals surface area contributed by atoms with Crippen molar-refractivity contribution in [3.8, 4) is 5.75 Å². The van der Waals surface area contributed by atoms with Crippen molar-refractivity contribution in [2.75, 3.05) is 26.2 Å². The van der Waals surface area contributed by atoms with E-state index in [9.17, 15) is 18.0 Å². The molecule has 1 atom stereocenters. The number of aromatic amines is 1. The standard InChI is InChI=1S/C19H21F3N4O2/c20-19(21,22)13-3-1-5-16(9-13)28-12-14-10-17(24-23-14)18(27)26-8-7-25-6-2-4-15(25)11-26/h1,3,5,9-10,15H,2,4,6-8,11-12H2,(H,23,24). The second kappa shape index (κ2) is 7.46. The number of carbonyl (C=O) groups excluding carboxylic acids is 1. The van der Waals surface area contributed by atoms with Gasteiger partial charge in [-0.05, 0) is 43.7 Å². The molecule has 6 nitrogen and oxygen atoms in total. The molecule has 1 aromatic carbocycles. The molecule has 1 unspecified atom stereocenters. The van der Waals surface area contributed by atoms with Crippen molar-refractivity contribution >= 4 is 5.91 Å². The minimum absolute atomic E-state index is 0.00199. The van der Waals surface area contributed by atoms with Gasteiger partial charge in [-0.1, -0.05) is 6.07 Å². The van der Waals surface area contributed by atoms with Gasteiger partial charge in [0.25, 0.3) is 5.91 Å². The van der Waals surface area contributed by atoms with Crippen molar-refractivity contribution in [1.29, 1.82) is 0 Å². The van der Waals surface area contributed by atoms with Gasteiger partial charge in [-0.2, -0.15) is 18.3 Å². The molecule has 1 amide bonds. The van der Waals surface area contributed by atoms with Crippen LogP contribution >= 0.6 is 0 Å². The second-order valence-corrected chi connectivity index (χ2v) is 7.18. The Hall–Kier alpha value is -2.55. The number of carbonyl (C=O) groups is 1. The highest BCUT2D eigenvalue weighted by Crippen LogP contribution is 2.31. The van der Waals surface area contributed by atoms with E-state index < -0.39 is 11.7 Å². The summed E-state index contributed by atoms with van der Waals surface area (Å²) >= 11 is 0. The molecule has 28 heavy (non-hydrogen) atoms. The molecule has 3 heterocycles. The zero-order chi connectivity index (χ0) is 19.7. The first kappa shape index (κ1) is 18.8. The summed E-state index contributed by atoms with van der Waals surface area (Å²) in [4.78, 5) is 16.9. The molecule has 2 aromatic rings. The van der Waals surface area contributed by atoms with Crippen LogP contribution in [0.3, 0.4) is 0 Å². The highest BCUT2D eigenvalue weighted by molar-refractivity contribution is 5.92. The van der Waals surface area contributed by atoms with Crippen LogP contribution in [0, 0.1) is 0 Å². The lowest BCUT2D eigenvalue weighted by Crippen LogP contribution is -2.52. The van der Waals surface area contributed by atoms with E-state index in [4.69, 9.17) is 4.74 Å². The van der Waals surface area contributed by atoms with Crippen molar-refractivity contribution in [2.24, 2.45) is 0 Å². The fourth-order valence-electron chi connectivity index (χ4n) is 3.81. The van der Waals surface area contributed by atoms with Gasteiger partial charge in [0.1, 0.15) is 12.4 Å².